The van der Waals surface area contributed by atoms with Crippen molar-refractivity contribution in [2.24, 2.45) is 0 Å². The SMILES string of the molecule is CCOc1cc(C(c2cc3cc(Br)ccc3nc2OC)c2cccc(C)c2F)cc(OCC)n1. The fraction of sp³-hybridized carbons (Fsp3) is 0.259. The van der Waals surface area contributed by atoms with Crippen molar-refractivity contribution in [1.29, 1.82) is 0 Å². The van der Waals surface area contributed by atoms with Crippen LogP contribution >= 0.6 is 15.9 Å². The van der Waals surface area contributed by atoms with Crippen LogP contribution in [0.1, 0.15) is 42.0 Å². The first-order valence-electron chi connectivity index (χ1n) is 11.1. The van der Waals surface area contributed by atoms with E-state index >= 15 is 4.39 Å². The summed E-state index contributed by atoms with van der Waals surface area (Å²) in [6.45, 7) is 6.43. The Morgan fingerprint density at radius 1 is 0.912 bits per heavy atom. The third kappa shape index (κ3) is 4.85. The molecular weight excluding hydrogens is 499 g/mol. The van der Waals surface area contributed by atoms with E-state index in [-0.39, 0.29) is 5.82 Å². The van der Waals surface area contributed by atoms with E-state index < -0.39 is 5.92 Å². The number of fused-ring (bicyclic) bond motifs is 1. The maximum absolute atomic E-state index is 15.6. The molecule has 0 aliphatic carbocycles. The van der Waals surface area contributed by atoms with Crippen LogP contribution in [0, 0.1) is 12.7 Å². The molecule has 176 valence electrons. The monoisotopic (exact) mass is 524 g/mol. The average Bonchev–Trinajstić information content (AvgIpc) is 2.82. The maximum Gasteiger partial charge on any atom is 0.217 e. The second-order valence-corrected chi connectivity index (χ2v) is 8.69. The van der Waals surface area contributed by atoms with Gasteiger partial charge < -0.3 is 14.2 Å². The van der Waals surface area contributed by atoms with E-state index in [1.165, 1.54) is 0 Å². The molecule has 0 bridgehead atoms. The lowest BCUT2D eigenvalue weighted by Gasteiger charge is -2.23. The first-order chi connectivity index (χ1) is 16.4. The molecule has 2 aromatic heterocycles. The van der Waals surface area contributed by atoms with Crippen molar-refractivity contribution in [2.45, 2.75) is 26.7 Å². The molecule has 0 N–H and O–H groups in total. The van der Waals surface area contributed by atoms with Gasteiger partial charge in [0.25, 0.3) is 0 Å². The second kappa shape index (κ2) is 10.4. The Morgan fingerprint density at radius 3 is 2.26 bits per heavy atom. The van der Waals surface area contributed by atoms with Crippen LogP contribution in [0.2, 0.25) is 0 Å². The van der Waals surface area contributed by atoms with Crippen molar-refractivity contribution >= 4 is 26.8 Å². The predicted octanol–water partition coefficient (Wildman–Crippen LogP) is 6.83. The number of ether oxygens (including phenoxy) is 3. The van der Waals surface area contributed by atoms with Crippen LogP contribution in [-0.4, -0.2) is 30.3 Å². The average molecular weight is 525 g/mol. The largest absolute Gasteiger partial charge is 0.481 e. The van der Waals surface area contributed by atoms with Crippen LogP contribution in [0.25, 0.3) is 10.9 Å². The lowest BCUT2D eigenvalue weighted by Crippen LogP contribution is -2.11. The van der Waals surface area contributed by atoms with Crippen LogP contribution < -0.4 is 14.2 Å². The number of aromatic nitrogens is 2. The number of methoxy groups -OCH3 is 1. The quantitative estimate of drug-likeness (QED) is 0.253. The highest BCUT2D eigenvalue weighted by molar-refractivity contribution is 9.10. The Balaban J connectivity index is 2.03. The molecule has 0 fully saturated rings. The van der Waals surface area contributed by atoms with Crippen molar-refractivity contribution in [2.75, 3.05) is 20.3 Å². The summed E-state index contributed by atoms with van der Waals surface area (Å²) in [7, 11) is 1.57. The fourth-order valence-electron chi connectivity index (χ4n) is 4.05. The van der Waals surface area contributed by atoms with Crippen molar-refractivity contribution < 1.29 is 18.6 Å². The number of nitrogens with zero attached hydrogens (tertiary/aromatic N) is 2. The number of halogens is 2. The van der Waals surface area contributed by atoms with Crippen LogP contribution in [0.4, 0.5) is 4.39 Å². The zero-order valence-electron chi connectivity index (χ0n) is 19.6. The van der Waals surface area contributed by atoms with Gasteiger partial charge in [0, 0.05) is 39.0 Å². The summed E-state index contributed by atoms with van der Waals surface area (Å²) in [6.07, 6.45) is 0. The number of hydrogen-bond acceptors (Lipinski definition) is 5. The molecule has 0 aliphatic heterocycles. The number of rotatable bonds is 8. The number of hydrogen-bond donors (Lipinski definition) is 0. The predicted molar refractivity (Wildman–Crippen MR) is 135 cm³/mol. The summed E-state index contributed by atoms with van der Waals surface area (Å²) < 4.78 is 33.7. The van der Waals surface area contributed by atoms with Gasteiger partial charge in [-0.1, -0.05) is 34.1 Å². The summed E-state index contributed by atoms with van der Waals surface area (Å²) >= 11 is 3.53. The van der Waals surface area contributed by atoms with Gasteiger partial charge in [0.1, 0.15) is 5.82 Å². The summed E-state index contributed by atoms with van der Waals surface area (Å²) in [6, 6.07) is 16.9. The molecule has 4 aromatic rings. The summed E-state index contributed by atoms with van der Waals surface area (Å²) in [5, 5.41) is 0.910. The third-order valence-corrected chi connectivity index (χ3v) is 6.02. The molecular formula is C27H26BrFN2O3. The highest BCUT2D eigenvalue weighted by atomic mass is 79.9. The van der Waals surface area contributed by atoms with Gasteiger partial charge in [-0.25, -0.2) is 9.37 Å². The molecule has 0 saturated carbocycles. The van der Waals surface area contributed by atoms with Gasteiger partial charge in [-0.05, 0) is 56.2 Å². The summed E-state index contributed by atoms with van der Waals surface area (Å²) in [5.41, 5.74) is 3.34. The minimum absolute atomic E-state index is 0.281. The first kappa shape index (κ1) is 24.0. The lowest BCUT2D eigenvalue weighted by molar-refractivity contribution is 0.298. The molecule has 1 atom stereocenters. The van der Waals surface area contributed by atoms with Gasteiger partial charge in [-0.15, -0.1) is 0 Å². The van der Waals surface area contributed by atoms with E-state index in [1.807, 2.05) is 56.3 Å². The van der Waals surface area contributed by atoms with Gasteiger partial charge in [0.05, 0.1) is 25.8 Å². The Hall–Kier alpha value is -3.19. The summed E-state index contributed by atoms with van der Waals surface area (Å²) in [4.78, 5) is 9.17. The standard InChI is InChI=1S/C27H26BrFN2O3/c1-5-33-23-14-18(15-24(31-23)34-6-2)25(20-9-7-8-16(3)26(20)29)21-13-17-12-19(28)10-11-22(17)30-27(21)32-4/h7-15,25H,5-6H2,1-4H3. The highest BCUT2D eigenvalue weighted by Gasteiger charge is 2.27. The Bertz CT molecular complexity index is 1300. The van der Waals surface area contributed by atoms with Crippen molar-refractivity contribution in [3.05, 3.63) is 87.1 Å². The molecule has 0 aliphatic rings. The van der Waals surface area contributed by atoms with E-state index in [0.717, 1.165) is 26.5 Å². The topological polar surface area (TPSA) is 53.5 Å². The maximum atomic E-state index is 15.6. The molecule has 5 nitrogen and oxygen atoms in total. The molecule has 34 heavy (non-hydrogen) atoms. The molecule has 0 radical (unpaired) electrons. The van der Waals surface area contributed by atoms with Crippen molar-refractivity contribution in [1.82, 2.24) is 9.97 Å². The van der Waals surface area contributed by atoms with Crippen LogP contribution in [-0.2, 0) is 0 Å². The van der Waals surface area contributed by atoms with Crippen LogP contribution in [0.5, 0.6) is 17.6 Å². The van der Waals surface area contributed by atoms with Crippen LogP contribution in [0.3, 0.4) is 0 Å². The smallest absolute Gasteiger partial charge is 0.217 e. The molecule has 7 heteroatoms. The highest BCUT2D eigenvalue weighted by Crippen LogP contribution is 2.41. The molecule has 0 amide bonds. The zero-order chi connectivity index (χ0) is 24.2. The minimum atomic E-state index is -0.535. The third-order valence-electron chi connectivity index (χ3n) is 5.53. The van der Waals surface area contributed by atoms with E-state index in [4.69, 9.17) is 19.2 Å². The number of aryl methyl sites for hydroxylation is 1. The molecule has 0 saturated heterocycles. The Labute approximate surface area is 207 Å². The normalized spacial score (nSPS) is 11.9. The molecule has 1 unspecified atom stereocenters. The lowest BCUT2D eigenvalue weighted by atomic mass is 9.84. The molecule has 2 aromatic carbocycles. The first-order valence-corrected chi connectivity index (χ1v) is 11.9. The summed E-state index contributed by atoms with van der Waals surface area (Å²) in [5.74, 6) is 0.436. The molecule has 4 rings (SSSR count). The van der Waals surface area contributed by atoms with Crippen molar-refractivity contribution in [3.8, 4) is 17.6 Å². The van der Waals surface area contributed by atoms with Gasteiger partial charge in [0.2, 0.25) is 17.6 Å². The zero-order valence-corrected chi connectivity index (χ0v) is 21.1. The number of pyridine rings is 2. The van der Waals surface area contributed by atoms with Gasteiger partial charge in [-0.2, -0.15) is 4.98 Å². The van der Waals surface area contributed by atoms with E-state index in [2.05, 4.69) is 20.9 Å². The van der Waals surface area contributed by atoms with Gasteiger partial charge in [0.15, 0.2) is 0 Å². The van der Waals surface area contributed by atoms with E-state index in [9.17, 15) is 0 Å². The Morgan fingerprint density at radius 2 is 1.62 bits per heavy atom. The second-order valence-electron chi connectivity index (χ2n) is 7.78. The van der Waals surface area contributed by atoms with Crippen LogP contribution in [0.15, 0.2) is 59.1 Å². The molecule has 0 spiro atoms. The van der Waals surface area contributed by atoms with Gasteiger partial charge >= 0.3 is 0 Å². The fourth-order valence-corrected chi connectivity index (χ4v) is 4.43. The van der Waals surface area contributed by atoms with E-state index in [1.54, 1.807) is 26.2 Å². The van der Waals surface area contributed by atoms with E-state index in [0.29, 0.717) is 42.0 Å². The number of benzene rings is 2. The van der Waals surface area contributed by atoms with Gasteiger partial charge in [-0.3, -0.25) is 0 Å². The Kier molecular flexibility index (Phi) is 7.32. The molecule has 2 heterocycles. The minimum Gasteiger partial charge on any atom is -0.481 e. The van der Waals surface area contributed by atoms with Crippen molar-refractivity contribution in [3.63, 3.8) is 0 Å².